The van der Waals surface area contributed by atoms with Crippen LogP contribution in [-0.2, 0) is 0 Å². The molecule has 0 atom stereocenters. The van der Waals surface area contributed by atoms with Crippen LogP contribution in [0.25, 0.3) is 0 Å². The third kappa shape index (κ3) is 30.0. The van der Waals surface area contributed by atoms with Crippen LogP contribution in [0, 0.1) is 0 Å². The Morgan fingerprint density at radius 2 is 0.800 bits per heavy atom. The molecule has 10 heavy (non-hydrogen) atoms. The van der Waals surface area contributed by atoms with Gasteiger partial charge in [-0.25, -0.2) is 0 Å². The van der Waals surface area contributed by atoms with Crippen LogP contribution in [0.4, 0.5) is 0 Å². The molecule has 0 unspecified atom stereocenters. The van der Waals surface area contributed by atoms with Crippen molar-refractivity contribution in [2.75, 3.05) is 13.3 Å². The molecular formula is C6H12N4. The van der Waals surface area contributed by atoms with Crippen molar-refractivity contribution < 1.29 is 0 Å². The lowest BCUT2D eigenvalue weighted by Gasteiger charge is -1.68. The largest absolute Gasteiger partial charge is 0.278 e. The smallest absolute Gasteiger partial charge is 0.127 e. The van der Waals surface area contributed by atoms with Crippen molar-refractivity contribution in [3.8, 4) is 0 Å². The molecule has 0 aliphatic rings. The summed E-state index contributed by atoms with van der Waals surface area (Å²) in [6.07, 6.45) is 0. The molecular weight excluding hydrogens is 128 g/mol. The maximum Gasteiger partial charge on any atom is 0.127 e. The fourth-order valence-electron chi connectivity index (χ4n) is 0.141. The molecule has 0 aromatic carbocycles. The van der Waals surface area contributed by atoms with Crippen LogP contribution in [-0.4, -0.2) is 40.2 Å². The Morgan fingerprint density at radius 1 is 0.600 bits per heavy atom. The van der Waals surface area contributed by atoms with E-state index in [-0.39, 0.29) is 0 Å². The zero-order chi connectivity index (χ0) is 8.24. The Bertz CT molecular complexity index is 82.3. The molecule has 0 bridgehead atoms. The van der Waals surface area contributed by atoms with E-state index in [0.29, 0.717) is 13.3 Å². The lowest BCUT2D eigenvalue weighted by Crippen LogP contribution is -1.61. The first kappa shape index (κ1) is 11.5. The van der Waals surface area contributed by atoms with E-state index in [9.17, 15) is 0 Å². The second-order valence-electron chi connectivity index (χ2n) is 1.18. The molecule has 0 aliphatic heterocycles. The third-order valence-corrected chi connectivity index (χ3v) is 0.400. The van der Waals surface area contributed by atoms with Gasteiger partial charge < -0.3 is 0 Å². The summed E-state index contributed by atoms with van der Waals surface area (Å²) >= 11 is 0. The summed E-state index contributed by atoms with van der Waals surface area (Å²) in [4.78, 5) is 13.5. The van der Waals surface area contributed by atoms with E-state index in [0.717, 1.165) is 0 Å². The van der Waals surface area contributed by atoms with Crippen LogP contribution in [0.5, 0.6) is 0 Å². The Kier molecular flexibility index (Phi) is 18.0. The van der Waals surface area contributed by atoms with Gasteiger partial charge in [-0.05, 0) is 26.9 Å². The summed E-state index contributed by atoms with van der Waals surface area (Å²) in [7, 11) is 0. The maximum atomic E-state index is 3.38. The minimum atomic E-state index is 0.417. The van der Waals surface area contributed by atoms with Crippen molar-refractivity contribution >= 4 is 26.9 Å². The van der Waals surface area contributed by atoms with Gasteiger partial charge in [0.2, 0.25) is 0 Å². The SMILES string of the molecule is C=NCN=C.C=NCN=C. The van der Waals surface area contributed by atoms with Gasteiger partial charge >= 0.3 is 0 Å². The van der Waals surface area contributed by atoms with E-state index >= 15 is 0 Å². The molecule has 4 nitrogen and oxygen atoms in total. The summed E-state index contributed by atoms with van der Waals surface area (Å²) in [5.74, 6) is 0. The first-order valence-corrected chi connectivity index (χ1v) is 2.53. The van der Waals surface area contributed by atoms with E-state index < -0.39 is 0 Å². The molecule has 0 rings (SSSR count). The van der Waals surface area contributed by atoms with E-state index in [2.05, 4.69) is 46.8 Å². The Hall–Kier alpha value is -1.32. The highest BCUT2D eigenvalue weighted by atomic mass is 14.9. The monoisotopic (exact) mass is 140 g/mol. The van der Waals surface area contributed by atoms with Crippen LogP contribution >= 0.6 is 0 Å². The van der Waals surface area contributed by atoms with Crippen molar-refractivity contribution in [3.63, 3.8) is 0 Å². The lowest BCUT2D eigenvalue weighted by atomic mass is 11.1. The van der Waals surface area contributed by atoms with Gasteiger partial charge in [0.05, 0.1) is 0 Å². The fraction of sp³-hybridized carbons (Fsp3) is 0.333. The predicted octanol–water partition coefficient (Wildman–Crippen LogP) is 0.690. The zero-order valence-electron chi connectivity index (χ0n) is 6.03. The molecule has 0 saturated carbocycles. The average Bonchev–Trinajstić information content (AvgIpc) is 1.93. The van der Waals surface area contributed by atoms with E-state index in [1.807, 2.05) is 0 Å². The van der Waals surface area contributed by atoms with Gasteiger partial charge in [0.25, 0.3) is 0 Å². The highest BCUT2D eigenvalue weighted by molar-refractivity contribution is 5.26. The van der Waals surface area contributed by atoms with E-state index in [1.165, 1.54) is 0 Å². The Balaban J connectivity index is 0. The first-order valence-electron chi connectivity index (χ1n) is 2.53. The molecule has 0 aromatic heterocycles. The molecule has 0 aromatic rings. The quantitative estimate of drug-likeness (QED) is 0.516. The van der Waals surface area contributed by atoms with Gasteiger partial charge in [0, 0.05) is 0 Å². The summed E-state index contributed by atoms with van der Waals surface area (Å²) in [6.45, 7) is 13.5. The molecule has 0 spiro atoms. The Morgan fingerprint density at radius 3 is 0.800 bits per heavy atom. The fourth-order valence-corrected chi connectivity index (χ4v) is 0.141. The van der Waals surface area contributed by atoms with Gasteiger partial charge in [-0.3, -0.25) is 20.0 Å². The topological polar surface area (TPSA) is 49.4 Å². The van der Waals surface area contributed by atoms with Gasteiger partial charge in [-0.15, -0.1) is 0 Å². The summed E-state index contributed by atoms with van der Waals surface area (Å²) in [5.41, 5.74) is 0. The molecule has 0 radical (unpaired) electrons. The van der Waals surface area contributed by atoms with Crippen LogP contribution in [0.15, 0.2) is 20.0 Å². The highest BCUT2D eigenvalue weighted by Gasteiger charge is 1.51. The highest BCUT2D eigenvalue weighted by Crippen LogP contribution is 1.58. The number of hydrogen-bond acceptors (Lipinski definition) is 4. The standard InChI is InChI=1S/2C3H6N2/c2*1-4-3-5-2/h2*1-3H2. The number of rotatable bonds is 4. The molecule has 56 valence electrons. The van der Waals surface area contributed by atoms with Crippen molar-refractivity contribution in [2.24, 2.45) is 20.0 Å². The third-order valence-electron chi connectivity index (χ3n) is 0.400. The minimum absolute atomic E-state index is 0.417. The molecule has 4 heteroatoms. The predicted molar refractivity (Wildman–Crippen MR) is 47.9 cm³/mol. The van der Waals surface area contributed by atoms with E-state index in [4.69, 9.17) is 0 Å². The number of aliphatic imine (C=N–C) groups is 4. The van der Waals surface area contributed by atoms with Crippen molar-refractivity contribution in [1.82, 2.24) is 0 Å². The molecule has 0 saturated heterocycles. The second kappa shape index (κ2) is 15.6. The second-order valence-corrected chi connectivity index (χ2v) is 1.18. The molecule has 0 N–H and O–H groups in total. The van der Waals surface area contributed by atoms with Crippen molar-refractivity contribution in [3.05, 3.63) is 0 Å². The Labute approximate surface area is 61.2 Å². The van der Waals surface area contributed by atoms with Crippen molar-refractivity contribution in [1.29, 1.82) is 0 Å². The van der Waals surface area contributed by atoms with Gasteiger partial charge in [0.1, 0.15) is 13.3 Å². The number of hydrogen-bond donors (Lipinski definition) is 0. The average molecular weight is 140 g/mol. The number of nitrogens with zero attached hydrogens (tertiary/aromatic N) is 4. The van der Waals surface area contributed by atoms with Crippen LogP contribution in [0.1, 0.15) is 0 Å². The first-order chi connectivity index (χ1) is 4.83. The molecule has 0 fully saturated rings. The normalized spacial score (nSPS) is 6.40. The van der Waals surface area contributed by atoms with Crippen LogP contribution in [0.2, 0.25) is 0 Å². The van der Waals surface area contributed by atoms with Crippen LogP contribution < -0.4 is 0 Å². The van der Waals surface area contributed by atoms with Crippen LogP contribution in [0.3, 0.4) is 0 Å². The molecule has 0 amide bonds. The molecule has 0 heterocycles. The summed E-state index contributed by atoms with van der Waals surface area (Å²) in [5, 5.41) is 0. The van der Waals surface area contributed by atoms with Gasteiger partial charge in [-0.1, -0.05) is 0 Å². The maximum absolute atomic E-state index is 3.38. The van der Waals surface area contributed by atoms with Gasteiger partial charge in [-0.2, -0.15) is 0 Å². The summed E-state index contributed by atoms with van der Waals surface area (Å²) in [6, 6.07) is 0. The zero-order valence-corrected chi connectivity index (χ0v) is 6.03. The lowest BCUT2D eigenvalue weighted by molar-refractivity contribution is 1.09. The van der Waals surface area contributed by atoms with Crippen molar-refractivity contribution in [2.45, 2.75) is 0 Å². The minimum Gasteiger partial charge on any atom is -0.278 e. The molecule has 0 aliphatic carbocycles. The van der Waals surface area contributed by atoms with E-state index in [1.54, 1.807) is 0 Å². The summed E-state index contributed by atoms with van der Waals surface area (Å²) < 4.78 is 0. The van der Waals surface area contributed by atoms with Gasteiger partial charge in [0.15, 0.2) is 0 Å².